The van der Waals surface area contributed by atoms with Gasteiger partial charge in [0.2, 0.25) is 5.91 Å². The molecule has 9 atom stereocenters. The highest BCUT2D eigenvalue weighted by Crippen LogP contribution is 2.55. The van der Waals surface area contributed by atoms with Crippen molar-refractivity contribution in [2.24, 2.45) is 28.8 Å². The highest BCUT2D eigenvalue weighted by atomic mass is 16.7. The summed E-state index contributed by atoms with van der Waals surface area (Å²) >= 11 is 0. The number of unbranched alkanes of at least 4 members (excludes halogenated alkanes) is 6. The molecule has 16 heteroatoms. The first-order valence-electron chi connectivity index (χ1n) is 22.1. The van der Waals surface area contributed by atoms with E-state index in [2.05, 4.69) is 22.8 Å². The molecular weight excluding hydrogens is 827 g/mol. The number of benzene rings is 2. The van der Waals surface area contributed by atoms with E-state index in [0.717, 1.165) is 38.3 Å². The Morgan fingerprint density at radius 3 is 2.20 bits per heavy atom. The van der Waals surface area contributed by atoms with Crippen LogP contribution in [0.1, 0.15) is 128 Å². The predicted molar refractivity (Wildman–Crippen MR) is 242 cm³/mol. The lowest BCUT2D eigenvalue weighted by Crippen LogP contribution is -2.46. The van der Waals surface area contributed by atoms with Crippen LogP contribution < -0.4 is 15.5 Å². The summed E-state index contributed by atoms with van der Waals surface area (Å²) in [7, 11) is 1.42. The molecule has 0 fully saturated rings. The number of carbonyl (C=O) groups is 4. The van der Waals surface area contributed by atoms with E-state index in [0.29, 0.717) is 6.42 Å². The van der Waals surface area contributed by atoms with Crippen molar-refractivity contribution in [3.8, 4) is 23.0 Å². The van der Waals surface area contributed by atoms with Crippen LogP contribution in [0.25, 0.3) is 10.8 Å². The molecule has 2 aromatic rings. The summed E-state index contributed by atoms with van der Waals surface area (Å²) in [4.78, 5) is 53.3. The van der Waals surface area contributed by atoms with Crippen molar-refractivity contribution in [3.63, 3.8) is 0 Å². The van der Waals surface area contributed by atoms with E-state index in [1.807, 2.05) is 0 Å². The number of aromatic hydroxyl groups is 3. The van der Waals surface area contributed by atoms with Crippen LogP contribution in [-0.4, -0.2) is 92.6 Å². The molecule has 0 spiro atoms. The topological polar surface area (TPSA) is 243 Å². The lowest BCUT2D eigenvalue weighted by Gasteiger charge is -2.38. The summed E-state index contributed by atoms with van der Waals surface area (Å²) < 4.78 is 23.5. The number of nitrogens with one attached hydrogen (secondary N) is 2. The molecule has 7 N–H and O–H groups in total. The van der Waals surface area contributed by atoms with Crippen molar-refractivity contribution < 1.29 is 63.7 Å². The minimum Gasteiger partial charge on any atom is -0.507 e. The van der Waals surface area contributed by atoms with Crippen LogP contribution in [0.15, 0.2) is 41.2 Å². The number of hydrogen-bond acceptors (Lipinski definition) is 14. The molecule has 0 saturated carbocycles. The number of amides is 2. The Kier molecular flexibility index (Phi) is 18.0. The quantitative estimate of drug-likeness (QED) is 0.0276. The van der Waals surface area contributed by atoms with Crippen LogP contribution in [-0.2, 0) is 28.6 Å². The van der Waals surface area contributed by atoms with Gasteiger partial charge in [-0.2, -0.15) is 5.10 Å². The standard InChI is InChI=1S/C48H67N3O13/c1-11-12-13-14-15-16-17-21-34(53)51-49-24-32-38-43(58)36-35(42(32)57)37-45(30(7)41(36)56)64-48(9,46(37)59)62-23-22-33(61-10)27(4)44(63-31(8)52)29(6)40(55)28(5)39(54)25(2)19-18-20-26(3)47(60)50-38/h18-20,22-25,27-29,33,39-40,44,54-58H,11-17,21H2,1-10H3,(H,50,60)(H,51,53)/b19-18+,23-22+,26-20+,49-24-. The molecule has 0 saturated heterocycles. The lowest BCUT2D eigenvalue weighted by molar-refractivity contribution is -0.160. The summed E-state index contributed by atoms with van der Waals surface area (Å²) in [6.07, 6.45) is 11.6. The second-order valence-electron chi connectivity index (χ2n) is 17.3. The molecule has 5 rings (SSSR count). The fraction of sp³-hybridized carbons (Fsp3) is 0.562. The zero-order valence-corrected chi connectivity index (χ0v) is 38.7. The highest BCUT2D eigenvalue weighted by molar-refractivity contribution is 6.24. The third-order valence-electron chi connectivity index (χ3n) is 12.4. The monoisotopic (exact) mass is 893 g/mol. The molecule has 0 radical (unpaired) electrons. The minimum absolute atomic E-state index is 0.00982. The number of hydrogen-bond donors (Lipinski definition) is 7. The van der Waals surface area contributed by atoms with E-state index in [-0.39, 0.29) is 50.9 Å². The highest BCUT2D eigenvalue weighted by Gasteiger charge is 2.50. The van der Waals surface area contributed by atoms with Crippen molar-refractivity contribution in [3.05, 3.63) is 52.8 Å². The number of phenols is 3. The Bertz CT molecular complexity index is 2160. The molecule has 2 aromatic carbocycles. The third-order valence-corrected chi connectivity index (χ3v) is 12.4. The molecule has 0 aromatic heterocycles. The number of allylic oxidation sites excluding steroid dienone is 2. The van der Waals surface area contributed by atoms with Gasteiger partial charge in [-0.05, 0) is 26.3 Å². The van der Waals surface area contributed by atoms with E-state index in [1.54, 1.807) is 39.8 Å². The van der Waals surface area contributed by atoms with Crippen LogP contribution in [0, 0.1) is 30.6 Å². The number of nitrogens with zero attached hydrogens (tertiary/aromatic N) is 1. The van der Waals surface area contributed by atoms with E-state index >= 15 is 0 Å². The van der Waals surface area contributed by atoms with Gasteiger partial charge in [0.1, 0.15) is 23.4 Å². The fourth-order valence-electron chi connectivity index (χ4n) is 8.34. The Balaban J connectivity index is 1.87. The first-order chi connectivity index (χ1) is 30.2. The summed E-state index contributed by atoms with van der Waals surface area (Å²) in [5.41, 5.74) is 1.61. The first-order valence-corrected chi connectivity index (χ1v) is 22.1. The number of aliphatic hydroxyl groups excluding tert-OH is 2. The molecule has 9 unspecified atom stereocenters. The average molecular weight is 894 g/mol. The number of hydrazone groups is 1. The number of esters is 1. The molecule has 3 heterocycles. The summed E-state index contributed by atoms with van der Waals surface area (Å²) in [5.74, 6) is -9.36. The maximum Gasteiger partial charge on any atom is 0.312 e. The van der Waals surface area contributed by atoms with Crippen LogP contribution in [0.3, 0.4) is 0 Å². The van der Waals surface area contributed by atoms with Gasteiger partial charge in [0.05, 0.1) is 53.0 Å². The molecule has 0 aliphatic carbocycles. The summed E-state index contributed by atoms with van der Waals surface area (Å²) in [6, 6.07) is 0. The van der Waals surface area contributed by atoms with Gasteiger partial charge in [0.15, 0.2) is 5.75 Å². The second-order valence-corrected chi connectivity index (χ2v) is 17.3. The molecular formula is C48H67N3O13. The van der Waals surface area contributed by atoms with Crippen LogP contribution in [0.2, 0.25) is 0 Å². The van der Waals surface area contributed by atoms with Crippen LogP contribution in [0.5, 0.6) is 23.0 Å². The largest absolute Gasteiger partial charge is 0.507 e. The van der Waals surface area contributed by atoms with Crippen LogP contribution in [0.4, 0.5) is 5.69 Å². The van der Waals surface area contributed by atoms with Crippen molar-refractivity contribution >= 4 is 46.2 Å². The molecule has 5 bridgehead atoms. The number of carbonyl (C=O) groups excluding carboxylic acids is 4. The van der Waals surface area contributed by atoms with Crippen molar-refractivity contribution in [1.82, 2.24) is 5.43 Å². The number of ether oxygens (including phenoxy) is 4. The molecule has 2 amide bonds. The van der Waals surface area contributed by atoms with Crippen molar-refractivity contribution in [2.45, 2.75) is 144 Å². The third kappa shape index (κ3) is 11.4. The Labute approximate surface area is 375 Å². The number of ketones is 1. The minimum atomic E-state index is -2.09. The van der Waals surface area contributed by atoms with Gasteiger partial charge in [0, 0.05) is 67.6 Å². The SMILES string of the molecule is CCCCCCCCCC(=O)N/N=C\c1c2c(O)c3c(O)c(C)c4c(c3c1O)C(=O)C(C)(O/C=C/C(OC)C(C)C(OC(C)=O)C(C)C(O)C(C)C(O)C(C)/C=C/C=C(\C)C(=O)N2)O4. The lowest BCUT2D eigenvalue weighted by atomic mass is 9.78. The van der Waals surface area contributed by atoms with E-state index in [1.165, 1.54) is 59.6 Å². The fourth-order valence-corrected chi connectivity index (χ4v) is 8.34. The van der Waals surface area contributed by atoms with Gasteiger partial charge in [0.25, 0.3) is 11.7 Å². The number of fused-ring (bicyclic) bond motifs is 14. The maximum atomic E-state index is 14.4. The maximum absolute atomic E-state index is 14.4. The number of aliphatic hydroxyl groups is 2. The second kappa shape index (κ2) is 22.4. The average Bonchev–Trinajstić information content (AvgIpc) is 3.52. The molecule has 16 nitrogen and oxygen atoms in total. The van der Waals surface area contributed by atoms with Gasteiger partial charge >= 0.3 is 11.8 Å². The normalized spacial score (nSPS) is 28.6. The number of Topliss-reactive ketones (excluding diaryl/α,β-unsaturated/α-hetero) is 1. The van der Waals surface area contributed by atoms with E-state index < -0.39 is 94.7 Å². The van der Waals surface area contributed by atoms with Gasteiger partial charge in [-0.15, -0.1) is 0 Å². The molecule has 64 heavy (non-hydrogen) atoms. The van der Waals surface area contributed by atoms with Crippen molar-refractivity contribution in [2.75, 3.05) is 12.4 Å². The van der Waals surface area contributed by atoms with Gasteiger partial charge < -0.3 is 49.8 Å². The summed E-state index contributed by atoms with van der Waals surface area (Å²) in [6.45, 7) is 14.5. The van der Waals surface area contributed by atoms with E-state index in [9.17, 15) is 44.7 Å². The molecule has 3 aliphatic rings. The molecule has 3 aliphatic heterocycles. The van der Waals surface area contributed by atoms with Gasteiger partial charge in [-0.25, -0.2) is 5.43 Å². The number of phenolic OH excluding ortho intramolecular Hbond substituents is 3. The zero-order valence-electron chi connectivity index (χ0n) is 38.7. The molecule has 352 valence electrons. The first kappa shape index (κ1) is 51.2. The number of anilines is 1. The Hall–Kier alpha value is -5.45. The van der Waals surface area contributed by atoms with Gasteiger partial charge in [-0.3, -0.25) is 19.2 Å². The number of methoxy groups -OCH3 is 1. The summed E-state index contributed by atoms with van der Waals surface area (Å²) in [5, 5.41) is 64.3. The predicted octanol–water partition coefficient (Wildman–Crippen LogP) is 7.34. The van der Waals surface area contributed by atoms with E-state index in [4.69, 9.17) is 18.9 Å². The number of rotatable bonds is 12. The van der Waals surface area contributed by atoms with Crippen LogP contribution >= 0.6 is 0 Å². The smallest absolute Gasteiger partial charge is 0.312 e. The van der Waals surface area contributed by atoms with Crippen molar-refractivity contribution in [1.29, 1.82) is 0 Å². The zero-order chi connectivity index (χ0) is 47.6. The Morgan fingerprint density at radius 1 is 0.906 bits per heavy atom. The van der Waals surface area contributed by atoms with Gasteiger partial charge in [-0.1, -0.05) is 91.4 Å². The Morgan fingerprint density at radius 2 is 1.56 bits per heavy atom.